The van der Waals surface area contributed by atoms with E-state index in [1.54, 1.807) is 23.6 Å². The molecule has 0 saturated heterocycles. The second-order valence-corrected chi connectivity index (χ2v) is 17.5. The summed E-state index contributed by atoms with van der Waals surface area (Å²) >= 11 is 0.781. The van der Waals surface area contributed by atoms with E-state index in [1.807, 2.05) is 11.5 Å². The minimum absolute atomic E-state index is 0.0712. The Morgan fingerprint density at radius 2 is 1.92 bits per heavy atom. The third-order valence-corrected chi connectivity index (χ3v) is 17.4. The number of thiophene rings is 1. The molecule has 118 valence electrons. The van der Waals surface area contributed by atoms with Gasteiger partial charge in [-0.3, -0.25) is 0 Å². The fourth-order valence-corrected chi connectivity index (χ4v) is 20.1. The quantitative estimate of drug-likeness (QED) is 0.253. The van der Waals surface area contributed by atoms with Gasteiger partial charge in [-0.05, 0) is 0 Å². The molecule has 3 aromatic rings. The van der Waals surface area contributed by atoms with Gasteiger partial charge < -0.3 is 0 Å². The maximum atomic E-state index is 12.5. The van der Waals surface area contributed by atoms with E-state index in [4.69, 9.17) is 0 Å². The van der Waals surface area contributed by atoms with Crippen LogP contribution in [0.3, 0.4) is 0 Å². The number of ketones is 2. The summed E-state index contributed by atoms with van der Waals surface area (Å²) in [6.07, 6.45) is 1.92. The first-order chi connectivity index (χ1) is 11.5. The zero-order chi connectivity index (χ0) is 16.6. The average Bonchev–Trinajstić information content (AvgIpc) is 3.31. The molecule has 4 heterocycles. The van der Waals surface area contributed by atoms with Gasteiger partial charge in [-0.15, -0.1) is 0 Å². The molecule has 3 aromatic heterocycles. The van der Waals surface area contributed by atoms with E-state index in [0.717, 1.165) is 0 Å². The molecule has 2 nitrogen and oxygen atoms in total. The summed E-state index contributed by atoms with van der Waals surface area (Å²) in [5.74, 6) is -0.150. The molecule has 0 saturated carbocycles. The predicted octanol–water partition coefficient (Wildman–Crippen LogP) is 2.13. The minimum atomic E-state index is -1.52. The molecule has 6 heteroatoms. The predicted molar refractivity (Wildman–Crippen MR) is 103 cm³/mol. The Hall–Kier alpha value is -0.464. The van der Waals surface area contributed by atoms with Crippen molar-refractivity contribution in [2.75, 3.05) is 0 Å². The molecule has 5 rings (SSSR count). The summed E-state index contributed by atoms with van der Waals surface area (Å²) in [5, 5.41) is 5.08. The molecular formula is C18H12O2SSiTe2. The van der Waals surface area contributed by atoms with Crippen molar-refractivity contribution in [3.63, 3.8) is 0 Å². The van der Waals surface area contributed by atoms with E-state index in [2.05, 4.69) is 29.3 Å². The van der Waals surface area contributed by atoms with Crippen molar-refractivity contribution in [3.05, 3.63) is 47.3 Å². The molecule has 0 bridgehead atoms. The van der Waals surface area contributed by atoms with Crippen LogP contribution in [0.15, 0.2) is 33.2 Å². The first kappa shape index (κ1) is 15.8. The van der Waals surface area contributed by atoms with Crippen molar-refractivity contribution in [1.82, 2.24) is 0 Å². The van der Waals surface area contributed by atoms with Gasteiger partial charge in [0.1, 0.15) is 0 Å². The zero-order valence-electron chi connectivity index (χ0n) is 13.0. The van der Waals surface area contributed by atoms with Gasteiger partial charge in [0.15, 0.2) is 0 Å². The molecule has 0 amide bonds. The van der Waals surface area contributed by atoms with Gasteiger partial charge >= 0.3 is 165 Å². The molecule has 24 heavy (non-hydrogen) atoms. The number of allylic oxidation sites excluding steroid dienone is 1. The topological polar surface area (TPSA) is 34.1 Å². The van der Waals surface area contributed by atoms with Crippen molar-refractivity contribution < 1.29 is 9.59 Å². The Labute approximate surface area is 164 Å². The molecule has 2 aliphatic rings. The van der Waals surface area contributed by atoms with Crippen LogP contribution in [0.25, 0.3) is 13.2 Å². The Morgan fingerprint density at radius 1 is 1.08 bits per heavy atom. The number of hydrogen-bond donors (Lipinski definition) is 0. The van der Waals surface area contributed by atoms with Gasteiger partial charge in [0.25, 0.3) is 0 Å². The second kappa shape index (κ2) is 5.27. The van der Waals surface area contributed by atoms with Crippen molar-refractivity contribution in [1.29, 1.82) is 0 Å². The van der Waals surface area contributed by atoms with Crippen LogP contribution in [-0.4, -0.2) is 60.5 Å². The molecule has 0 aromatic carbocycles. The normalized spacial score (nSPS) is 19.0. The molecule has 0 fully saturated rings. The Balaban J connectivity index is 1.63. The number of fused-ring (bicyclic) bond motifs is 4. The number of Topliss-reactive ketones (excluding diaryl/α,β-unsaturated/α-hetero) is 2. The van der Waals surface area contributed by atoms with E-state index in [1.165, 1.54) is 14.9 Å². The first-order valence-electron chi connectivity index (χ1n) is 7.59. The molecule has 1 aliphatic carbocycles. The fourth-order valence-electron chi connectivity index (χ4n) is 3.54. The summed E-state index contributed by atoms with van der Waals surface area (Å²) in [6.45, 7) is 4.88. The van der Waals surface area contributed by atoms with Crippen molar-refractivity contribution in [2.24, 2.45) is 0 Å². The van der Waals surface area contributed by atoms with Crippen LogP contribution >= 0.6 is 11.3 Å². The third-order valence-electron chi connectivity index (χ3n) is 4.86. The van der Waals surface area contributed by atoms with Gasteiger partial charge in [-0.25, -0.2) is 0 Å². The number of carbonyl (C=O) groups is 2. The van der Waals surface area contributed by atoms with Gasteiger partial charge in [-0.1, -0.05) is 0 Å². The van der Waals surface area contributed by atoms with Gasteiger partial charge in [0, 0.05) is 0 Å². The van der Waals surface area contributed by atoms with Crippen molar-refractivity contribution in [2.45, 2.75) is 13.1 Å². The summed E-state index contributed by atoms with van der Waals surface area (Å²) in [4.78, 5) is 25.6. The molecule has 1 aliphatic heterocycles. The van der Waals surface area contributed by atoms with Crippen molar-refractivity contribution in [3.8, 4) is 7.16 Å². The summed E-state index contributed by atoms with van der Waals surface area (Å²) in [5.41, 5.74) is 0.992. The van der Waals surface area contributed by atoms with Gasteiger partial charge in [0.2, 0.25) is 0 Å². The molecular weight excluding hydrogens is 564 g/mol. The molecule has 0 spiro atoms. The van der Waals surface area contributed by atoms with Crippen LogP contribution < -0.4 is 10.4 Å². The van der Waals surface area contributed by atoms with Crippen LogP contribution in [0.2, 0.25) is 13.1 Å². The van der Waals surface area contributed by atoms with Crippen LogP contribution in [0.1, 0.15) is 23.6 Å². The van der Waals surface area contributed by atoms with Gasteiger partial charge in [-0.2, -0.15) is 0 Å². The zero-order valence-corrected chi connectivity index (χ0v) is 19.5. The van der Waals surface area contributed by atoms with Crippen LogP contribution in [-0.2, 0) is 0 Å². The number of carbonyl (C=O) groups excluding carboxylic acids is 2. The number of hydrogen-bond acceptors (Lipinski definition) is 3. The summed E-state index contributed by atoms with van der Waals surface area (Å²) in [7, 11) is -1.52. The molecule has 0 unspecified atom stereocenters. The van der Waals surface area contributed by atoms with E-state index in [-0.39, 0.29) is 32.0 Å². The Bertz CT molecular complexity index is 1050. The Morgan fingerprint density at radius 3 is 2.71 bits per heavy atom. The van der Waals surface area contributed by atoms with Crippen LogP contribution in [0.4, 0.5) is 0 Å². The summed E-state index contributed by atoms with van der Waals surface area (Å²) in [6, 6.07) is 6.51. The van der Waals surface area contributed by atoms with Crippen molar-refractivity contribution >= 4 is 88.3 Å². The third kappa shape index (κ3) is 1.99. The van der Waals surface area contributed by atoms with E-state index in [9.17, 15) is 9.59 Å². The molecule has 0 radical (unpaired) electrons. The second-order valence-electron chi connectivity index (χ2n) is 6.56. The standard InChI is InChI=1S/C18H12O2SSiTe2/c1-22(2)12-4-6-23-17(12)18-13(22)8-9(24-18)7-11-14(19)10-3-5-21-16(10)15(11)20/h3-8H,1-2H3/b11-7+. The molecule has 0 N–H and O–H groups in total. The van der Waals surface area contributed by atoms with E-state index >= 15 is 0 Å². The van der Waals surface area contributed by atoms with Crippen LogP contribution in [0.5, 0.6) is 0 Å². The SMILES string of the molecule is C[Si]1(C)c2cc[te]c2-c2[te]c(/C=C3\C(=O)c4ccsc4C3=O)cc21. The first-order valence-corrected chi connectivity index (χ1v) is 16.3. The van der Waals surface area contributed by atoms with E-state index < -0.39 is 28.5 Å². The monoisotopic (exact) mass is 580 g/mol. The number of rotatable bonds is 1. The Kier molecular flexibility index (Phi) is 3.46. The van der Waals surface area contributed by atoms with Crippen LogP contribution in [0, 0.1) is 0 Å². The van der Waals surface area contributed by atoms with E-state index in [0.29, 0.717) is 16.0 Å². The summed E-state index contributed by atoms with van der Waals surface area (Å²) < 4.78 is 7.03. The molecule has 0 atom stereocenters. The fraction of sp³-hybridized carbons (Fsp3) is 0.111. The maximum absolute atomic E-state index is 12.5. The average molecular weight is 576 g/mol. The van der Waals surface area contributed by atoms with Gasteiger partial charge in [0.05, 0.1) is 0 Å².